The molecule has 1 aromatic rings. The van der Waals surface area contributed by atoms with Gasteiger partial charge in [-0.25, -0.2) is 4.98 Å². The summed E-state index contributed by atoms with van der Waals surface area (Å²) in [4.78, 5) is 5.18. The van der Waals surface area contributed by atoms with Crippen LogP contribution in [0.25, 0.3) is 0 Å². The molecular formula is C14H21N3S. The second kappa shape index (κ2) is 5.65. The molecule has 0 spiro atoms. The van der Waals surface area contributed by atoms with Gasteiger partial charge in [0.15, 0.2) is 0 Å². The number of anilines is 1. The fourth-order valence-electron chi connectivity index (χ4n) is 2.27. The lowest BCUT2D eigenvalue weighted by atomic mass is 9.94. The van der Waals surface area contributed by atoms with Gasteiger partial charge in [-0.1, -0.05) is 19.1 Å². The van der Waals surface area contributed by atoms with Crippen LogP contribution >= 0.6 is 12.2 Å². The topological polar surface area (TPSA) is 50.9 Å². The molecule has 1 aliphatic carbocycles. The summed E-state index contributed by atoms with van der Waals surface area (Å²) < 4.78 is 0. The van der Waals surface area contributed by atoms with E-state index in [2.05, 4.69) is 25.2 Å². The van der Waals surface area contributed by atoms with Crippen molar-refractivity contribution in [3.8, 4) is 0 Å². The predicted octanol–water partition coefficient (Wildman–Crippen LogP) is 2.81. The zero-order valence-corrected chi connectivity index (χ0v) is 11.9. The quantitative estimate of drug-likeness (QED) is 0.820. The molecular weight excluding hydrogens is 242 g/mol. The van der Waals surface area contributed by atoms with Crippen LogP contribution in [0, 0.1) is 0 Å². The first-order valence-corrected chi connectivity index (χ1v) is 7.11. The van der Waals surface area contributed by atoms with Crippen molar-refractivity contribution in [2.24, 2.45) is 5.73 Å². The second-order valence-corrected chi connectivity index (χ2v) is 5.46. The van der Waals surface area contributed by atoms with Crippen LogP contribution in [0.3, 0.4) is 0 Å². The molecule has 1 heterocycles. The predicted molar refractivity (Wildman–Crippen MR) is 80.1 cm³/mol. The van der Waals surface area contributed by atoms with Crippen LogP contribution in [0.5, 0.6) is 0 Å². The van der Waals surface area contributed by atoms with Gasteiger partial charge in [-0.15, -0.1) is 0 Å². The molecule has 1 aliphatic rings. The van der Waals surface area contributed by atoms with E-state index < -0.39 is 0 Å². The van der Waals surface area contributed by atoms with Gasteiger partial charge in [0.05, 0.1) is 5.56 Å². The Bertz CT molecular complexity index is 457. The van der Waals surface area contributed by atoms with Crippen LogP contribution in [0.4, 0.5) is 5.82 Å². The lowest BCUT2D eigenvalue weighted by Gasteiger charge is -2.21. The minimum absolute atomic E-state index is 0.382. The molecule has 0 aromatic carbocycles. The maximum atomic E-state index is 5.82. The van der Waals surface area contributed by atoms with E-state index in [1.54, 1.807) is 0 Å². The zero-order chi connectivity index (χ0) is 13.1. The molecule has 0 radical (unpaired) electrons. The number of hydrogen-bond donors (Lipinski definition) is 2. The Morgan fingerprint density at radius 1 is 1.50 bits per heavy atom. The molecule has 0 bridgehead atoms. The van der Waals surface area contributed by atoms with E-state index in [0.717, 1.165) is 30.6 Å². The van der Waals surface area contributed by atoms with E-state index in [1.807, 2.05) is 0 Å². The van der Waals surface area contributed by atoms with Crippen molar-refractivity contribution >= 4 is 23.0 Å². The maximum Gasteiger partial charge on any atom is 0.136 e. The third-order valence-corrected chi connectivity index (χ3v) is 3.78. The van der Waals surface area contributed by atoms with Gasteiger partial charge in [-0.3, -0.25) is 0 Å². The largest absolute Gasteiger partial charge is 0.389 e. The van der Waals surface area contributed by atoms with Gasteiger partial charge in [-0.05, 0) is 50.7 Å². The monoisotopic (exact) mass is 263 g/mol. The number of aromatic nitrogens is 1. The summed E-state index contributed by atoms with van der Waals surface area (Å²) in [5.41, 5.74) is 9.24. The number of pyridine rings is 1. The summed E-state index contributed by atoms with van der Waals surface area (Å²) in [6, 6.07) is 2.52. The Labute approximate surface area is 114 Å². The average molecular weight is 263 g/mol. The van der Waals surface area contributed by atoms with Crippen molar-refractivity contribution in [2.75, 3.05) is 5.32 Å². The Hall–Kier alpha value is -1.16. The van der Waals surface area contributed by atoms with Gasteiger partial charge >= 0.3 is 0 Å². The summed E-state index contributed by atoms with van der Waals surface area (Å²) in [6.45, 7) is 4.29. The van der Waals surface area contributed by atoms with Crippen LogP contribution in [-0.4, -0.2) is 16.0 Å². The first-order chi connectivity index (χ1) is 8.61. The van der Waals surface area contributed by atoms with Gasteiger partial charge in [0.25, 0.3) is 0 Å². The third kappa shape index (κ3) is 2.80. The molecule has 3 nitrogen and oxygen atoms in total. The molecule has 0 saturated heterocycles. The summed E-state index contributed by atoms with van der Waals surface area (Å²) in [5.74, 6) is 0.859. The van der Waals surface area contributed by atoms with Gasteiger partial charge < -0.3 is 11.1 Å². The van der Waals surface area contributed by atoms with Crippen molar-refractivity contribution in [1.29, 1.82) is 0 Å². The smallest absolute Gasteiger partial charge is 0.136 e. The number of thiocarbonyl (C=S) groups is 1. The Morgan fingerprint density at radius 2 is 2.22 bits per heavy atom. The molecule has 1 unspecified atom stereocenters. The zero-order valence-electron chi connectivity index (χ0n) is 11.1. The SMILES string of the molecule is CCC(C)Nc1nc2c(cc1C(N)=S)CCCC2. The minimum atomic E-state index is 0.382. The number of aryl methyl sites for hydroxylation is 2. The molecule has 1 aromatic heterocycles. The maximum absolute atomic E-state index is 5.82. The van der Waals surface area contributed by atoms with Crippen molar-refractivity contribution in [3.05, 3.63) is 22.9 Å². The average Bonchev–Trinajstić information content (AvgIpc) is 2.37. The van der Waals surface area contributed by atoms with Crippen molar-refractivity contribution in [2.45, 2.75) is 52.0 Å². The van der Waals surface area contributed by atoms with Crippen LogP contribution in [0.2, 0.25) is 0 Å². The van der Waals surface area contributed by atoms with Crippen LogP contribution in [0.15, 0.2) is 6.07 Å². The number of hydrogen-bond acceptors (Lipinski definition) is 3. The van der Waals surface area contributed by atoms with Crippen LogP contribution < -0.4 is 11.1 Å². The Morgan fingerprint density at radius 3 is 2.89 bits per heavy atom. The highest BCUT2D eigenvalue weighted by Crippen LogP contribution is 2.25. The molecule has 98 valence electrons. The van der Waals surface area contributed by atoms with Gasteiger partial charge in [0, 0.05) is 11.7 Å². The molecule has 0 amide bonds. The lowest BCUT2D eigenvalue weighted by Crippen LogP contribution is -2.22. The van der Waals surface area contributed by atoms with Gasteiger partial charge in [-0.2, -0.15) is 0 Å². The molecule has 0 saturated carbocycles. The number of fused-ring (bicyclic) bond motifs is 1. The standard InChI is InChI=1S/C14H21N3S/c1-3-9(2)16-14-11(13(15)18)8-10-6-4-5-7-12(10)17-14/h8-9H,3-7H2,1-2H3,(H2,15,18)(H,16,17). The fourth-order valence-corrected chi connectivity index (χ4v) is 2.42. The summed E-state index contributed by atoms with van der Waals surface area (Å²) in [6.07, 6.45) is 5.69. The number of nitrogens with two attached hydrogens (primary N) is 1. The summed E-state index contributed by atoms with van der Waals surface area (Å²) >= 11 is 5.14. The highest BCUT2D eigenvalue weighted by Gasteiger charge is 2.17. The van der Waals surface area contributed by atoms with Crippen molar-refractivity contribution < 1.29 is 0 Å². The molecule has 4 heteroatoms. The normalized spacial score (nSPS) is 15.9. The first kappa shape index (κ1) is 13.3. The molecule has 0 aliphatic heterocycles. The fraction of sp³-hybridized carbons (Fsp3) is 0.571. The number of nitrogens with zero attached hydrogens (tertiary/aromatic N) is 1. The number of rotatable bonds is 4. The van der Waals surface area contributed by atoms with E-state index in [0.29, 0.717) is 11.0 Å². The van der Waals surface area contributed by atoms with E-state index in [4.69, 9.17) is 22.9 Å². The van der Waals surface area contributed by atoms with E-state index in [1.165, 1.54) is 24.1 Å². The van der Waals surface area contributed by atoms with Crippen molar-refractivity contribution in [3.63, 3.8) is 0 Å². The second-order valence-electron chi connectivity index (χ2n) is 5.02. The molecule has 0 fully saturated rings. The van der Waals surface area contributed by atoms with Gasteiger partial charge in [0.1, 0.15) is 10.8 Å². The molecule has 3 N–H and O–H groups in total. The highest BCUT2D eigenvalue weighted by molar-refractivity contribution is 7.80. The molecule has 2 rings (SSSR count). The van der Waals surface area contributed by atoms with Crippen LogP contribution in [-0.2, 0) is 12.8 Å². The summed E-state index contributed by atoms with van der Waals surface area (Å²) in [5, 5.41) is 3.41. The van der Waals surface area contributed by atoms with Crippen molar-refractivity contribution in [1.82, 2.24) is 4.98 Å². The molecule has 1 atom stereocenters. The van der Waals surface area contributed by atoms with Crippen LogP contribution in [0.1, 0.15) is 49.9 Å². The van der Waals surface area contributed by atoms with E-state index in [9.17, 15) is 0 Å². The lowest BCUT2D eigenvalue weighted by molar-refractivity contribution is 0.666. The van der Waals surface area contributed by atoms with Gasteiger partial charge in [0.2, 0.25) is 0 Å². The minimum Gasteiger partial charge on any atom is -0.389 e. The molecule has 18 heavy (non-hydrogen) atoms. The number of nitrogens with one attached hydrogen (secondary N) is 1. The Balaban J connectivity index is 2.39. The first-order valence-electron chi connectivity index (χ1n) is 6.71. The summed E-state index contributed by atoms with van der Waals surface area (Å²) in [7, 11) is 0. The van der Waals surface area contributed by atoms with E-state index >= 15 is 0 Å². The third-order valence-electron chi connectivity index (χ3n) is 3.56. The Kier molecular flexibility index (Phi) is 4.17. The van der Waals surface area contributed by atoms with E-state index in [-0.39, 0.29) is 0 Å². The highest BCUT2D eigenvalue weighted by atomic mass is 32.1.